The van der Waals surface area contributed by atoms with Gasteiger partial charge in [-0.1, -0.05) is 121 Å². The van der Waals surface area contributed by atoms with Crippen molar-refractivity contribution in [3.63, 3.8) is 0 Å². The number of hydrogen-bond donors (Lipinski definition) is 0. The number of carbonyl (C=O) groups excluding carboxylic acids is 1. The molecule has 0 heterocycles. The van der Waals surface area contributed by atoms with Gasteiger partial charge in [-0.05, 0) is 43.0 Å². The van der Waals surface area contributed by atoms with Gasteiger partial charge in [0.25, 0.3) is 0 Å². The van der Waals surface area contributed by atoms with Crippen LogP contribution in [0, 0.1) is 0 Å². The van der Waals surface area contributed by atoms with Crippen molar-refractivity contribution in [1.82, 2.24) is 9.80 Å². The van der Waals surface area contributed by atoms with Crippen LogP contribution in [0.2, 0.25) is 0 Å². The summed E-state index contributed by atoms with van der Waals surface area (Å²) in [5, 5.41) is 0. The van der Waals surface area contributed by atoms with Crippen molar-refractivity contribution < 1.29 is 9.53 Å². The van der Waals surface area contributed by atoms with Crippen molar-refractivity contribution >= 4 is 5.97 Å². The minimum atomic E-state index is -0.605. The standard InChI is InChI=1S/C34H38N2O2/c1-34(2,3)38-33(37)32(35(24-28-16-8-4-9-17-28)25-29-18-10-5-11-19-29)36(26-30-20-12-6-13-21-30)27-31-22-14-7-15-23-31/h4-23,32H,24-27H2,1-3H3. The van der Waals surface area contributed by atoms with Gasteiger partial charge in [0.15, 0.2) is 6.17 Å². The maximum atomic E-state index is 14.1. The Morgan fingerprint density at radius 1 is 0.553 bits per heavy atom. The highest BCUT2D eigenvalue weighted by Crippen LogP contribution is 2.23. The average Bonchev–Trinajstić information content (AvgIpc) is 2.90. The van der Waals surface area contributed by atoms with Crippen LogP contribution < -0.4 is 0 Å². The fourth-order valence-corrected chi connectivity index (χ4v) is 4.61. The molecule has 0 saturated carbocycles. The van der Waals surface area contributed by atoms with E-state index < -0.39 is 11.8 Å². The zero-order valence-electron chi connectivity index (χ0n) is 22.7. The maximum Gasteiger partial charge on any atom is 0.339 e. The van der Waals surface area contributed by atoms with E-state index in [-0.39, 0.29) is 5.97 Å². The lowest BCUT2D eigenvalue weighted by molar-refractivity contribution is -0.172. The molecule has 0 fully saturated rings. The van der Waals surface area contributed by atoms with E-state index in [0.29, 0.717) is 26.2 Å². The second-order valence-corrected chi connectivity index (χ2v) is 10.7. The number of nitrogens with zero attached hydrogens (tertiary/aromatic N) is 2. The number of ether oxygens (including phenoxy) is 1. The van der Waals surface area contributed by atoms with Gasteiger partial charge in [0.05, 0.1) is 0 Å². The SMILES string of the molecule is CC(C)(C)OC(=O)C(N(Cc1ccccc1)Cc1ccccc1)N(Cc1ccccc1)Cc1ccccc1. The molecule has 4 aromatic rings. The fourth-order valence-electron chi connectivity index (χ4n) is 4.61. The molecule has 4 rings (SSSR count). The normalized spacial score (nSPS) is 11.7. The van der Waals surface area contributed by atoms with Gasteiger partial charge in [-0.3, -0.25) is 9.80 Å². The minimum Gasteiger partial charge on any atom is -0.458 e. The van der Waals surface area contributed by atoms with E-state index in [1.807, 2.05) is 93.6 Å². The van der Waals surface area contributed by atoms with Gasteiger partial charge in [0.2, 0.25) is 0 Å². The van der Waals surface area contributed by atoms with Gasteiger partial charge in [-0.25, -0.2) is 4.79 Å². The number of benzene rings is 4. The predicted molar refractivity (Wildman–Crippen MR) is 154 cm³/mol. The van der Waals surface area contributed by atoms with Gasteiger partial charge in [0, 0.05) is 26.2 Å². The van der Waals surface area contributed by atoms with Crippen molar-refractivity contribution in [2.75, 3.05) is 0 Å². The molecule has 0 unspecified atom stereocenters. The Morgan fingerprint density at radius 2 is 0.816 bits per heavy atom. The van der Waals surface area contributed by atoms with E-state index in [4.69, 9.17) is 4.74 Å². The molecule has 0 atom stereocenters. The molecule has 0 bridgehead atoms. The van der Waals surface area contributed by atoms with Crippen molar-refractivity contribution in [2.24, 2.45) is 0 Å². The highest BCUT2D eigenvalue weighted by molar-refractivity contribution is 5.76. The third-order valence-corrected chi connectivity index (χ3v) is 6.22. The first kappa shape index (κ1) is 27.3. The lowest BCUT2D eigenvalue weighted by atomic mass is 10.1. The molecule has 0 spiro atoms. The summed E-state index contributed by atoms with van der Waals surface area (Å²) in [6.45, 7) is 8.23. The Balaban J connectivity index is 1.78. The smallest absolute Gasteiger partial charge is 0.339 e. The Hall–Kier alpha value is -3.73. The zero-order valence-corrected chi connectivity index (χ0v) is 22.7. The number of hydrogen-bond acceptors (Lipinski definition) is 4. The molecule has 0 aromatic heterocycles. The van der Waals surface area contributed by atoms with Crippen LogP contribution in [-0.4, -0.2) is 27.5 Å². The molecule has 0 N–H and O–H groups in total. The van der Waals surface area contributed by atoms with Gasteiger partial charge in [-0.15, -0.1) is 0 Å². The van der Waals surface area contributed by atoms with Crippen LogP contribution in [0.15, 0.2) is 121 Å². The second-order valence-electron chi connectivity index (χ2n) is 10.7. The molecule has 4 nitrogen and oxygen atoms in total. The van der Waals surface area contributed by atoms with Crippen molar-refractivity contribution in [3.8, 4) is 0 Å². The summed E-state index contributed by atoms with van der Waals surface area (Å²) < 4.78 is 6.09. The third-order valence-electron chi connectivity index (χ3n) is 6.22. The summed E-state index contributed by atoms with van der Waals surface area (Å²) in [5.74, 6) is -0.240. The van der Waals surface area contributed by atoms with Gasteiger partial charge in [0.1, 0.15) is 5.60 Å². The maximum absolute atomic E-state index is 14.1. The molecule has 0 radical (unpaired) electrons. The van der Waals surface area contributed by atoms with Gasteiger partial charge < -0.3 is 4.74 Å². The topological polar surface area (TPSA) is 32.8 Å². The van der Waals surface area contributed by atoms with Gasteiger partial charge in [-0.2, -0.15) is 0 Å². The van der Waals surface area contributed by atoms with Crippen molar-refractivity contribution in [1.29, 1.82) is 0 Å². The minimum absolute atomic E-state index is 0.240. The van der Waals surface area contributed by atoms with E-state index in [0.717, 1.165) is 22.3 Å². The van der Waals surface area contributed by atoms with Crippen molar-refractivity contribution in [2.45, 2.75) is 58.7 Å². The van der Waals surface area contributed by atoms with Crippen LogP contribution in [0.25, 0.3) is 0 Å². The Bertz CT molecular complexity index is 1070. The predicted octanol–water partition coefficient (Wildman–Crippen LogP) is 7.06. The summed E-state index contributed by atoms with van der Waals surface area (Å²) in [6.07, 6.45) is -0.602. The summed E-state index contributed by atoms with van der Waals surface area (Å²) in [7, 11) is 0. The van der Waals surface area contributed by atoms with Crippen LogP contribution >= 0.6 is 0 Å². The molecule has 0 aliphatic rings. The molecule has 4 aromatic carbocycles. The molecule has 0 aliphatic carbocycles. The molecule has 0 amide bonds. The molecule has 38 heavy (non-hydrogen) atoms. The van der Waals surface area contributed by atoms with Crippen molar-refractivity contribution in [3.05, 3.63) is 144 Å². The van der Waals surface area contributed by atoms with Crippen LogP contribution in [0.1, 0.15) is 43.0 Å². The Kier molecular flexibility index (Phi) is 9.47. The molecule has 4 heteroatoms. The highest BCUT2D eigenvalue weighted by Gasteiger charge is 2.36. The fraction of sp³-hybridized carbons (Fsp3) is 0.265. The summed E-state index contributed by atoms with van der Waals surface area (Å²) in [5.41, 5.74) is 3.99. The first-order valence-electron chi connectivity index (χ1n) is 13.2. The van der Waals surface area contributed by atoms with E-state index in [2.05, 4.69) is 58.3 Å². The quantitative estimate of drug-likeness (QED) is 0.161. The molecular weight excluding hydrogens is 468 g/mol. The van der Waals surface area contributed by atoms with Crippen LogP contribution in [0.4, 0.5) is 0 Å². The number of carbonyl (C=O) groups is 1. The summed E-state index contributed by atoms with van der Waals surface area (Å²) >= 11 is 0. The summed E-state index contributed by atoms with van der Waals surface area (Å²) in [6, 6.07) is 41.4. The van der Waals surface area contributed by atoms with E-state index in [1.165, 1.54) is 0 Å². The van der Waals surface area contributed by atoms with E-state index in [1.54, 1.807) is 0 Å². The van der Waals surface area contributed by atoms with E-state index >= 15 is 0 Å². The lowest BCUT2D eigenvalue weighted by Crippen LogP contribution is -2.53. The first-order valence-corrected chi connectivity index (χ1v) is 13.2. The van der Waals surface area contributed by atoms with Crippen LogP contribution in [0.3, 0.4) is 0 Å². The molecule has 0 saturated heterocycles. The number of rotatable bonds is 11. The van der Waals surface area contributed by atoms with Gasteiger partial charge >= 0.3 is 5.97 Å². The number of esters is 1. The molecular formula is C34H38N2O2. The largest absolute Gasteiger partial charge is 0.458 e. The van der Waals surface area contributed by atoms with Crippen LogP contribution in [-0.2, 0) is 35.7 Å². The average molecular weight is 507 g/mol. The first-order chi connectivity index (χ1) is 18.4. The summed E-state index contributed by atoms with van der Waals surface area (Å²) in [4.78, 5) is 18.6. The van der Waals surface area contributed by atoms with Crippen LogP contribution in [0.5, 0.6) is 0 Å². The monoisotopic (exact) mass is 506 g/mol. The Labute approximate surface area is 227 Å². The second kappa shape index (κ2) is 13.2. The zero-order chi connectivity index (χ0) is 26.8. The van der Waals surface area contributed by atoms with E-state index in [9.17, 15) is 4.79 Å². The molecule has 196 valence electrons. The third kappa shape index (κ3) is 8.41. The highest BCUT2D eigenvalue weighted by atomic mass is 16.6. The Morgan fingerprint density at radius 3 is 1.05 bits per heavy atom. The lowest BCUT2D eigenvalue weighted by Gasteiger charge is -2.39. The molecule has 0 aliphatic heterocycles.